The molecule has 0 aliphatic carbocycles. The fourth-order valence-corrected chi connectivity index (χ4v) is 5.73. The van der Waals surface area contributed by atoms with Crippen molar-refractivity contribution >= 4 is 23.7 Å². The summed E-state index contributed by atoms with van der Waals surface area (Å²) in [4.78, 5) is 0. The molecule has 0 radical (unpaired) electrons. The standard InChI is InChI=1S/C11H14ClN2OP/c12-16(15)13-8-4-7-11(13)9-14(16)10-5-2-1-3-6-10/h1-3,5-6,11H,4,7-9H2/t11-,16-/m0/s1. The smallest absolute Gasteiger partial charge is 0.298 e. The molecule has 3 rings (SSSR count). The Bertz CT molecular complexity index is 439. The van der Waals surface area contributed by atoms with E-state index in [-0.39, 0.29) is 0 Å². The maximum absolute atomic E-state index is 12.6. The van der Waals surface area contributed by atoms with Crippen LogP contribution in [0.2, 0.25) is 0 Å². The van der Waals surface area contributed by atoms with Crippen molar-refractivity contribution in [2.75, 3.05) is 17.8 Å². The van der Waals surface area contributed by atoms with Crippen LogP contribution in [0.1, 0.15) is 12.8 Å². The van der Waals surface area contributed by atoms with E-state index in [4.69, 9.17) is 11.2 Å². The molecule has 86 valence electrons. The molecule has 2 fully saturated rings. The molecular weight excluding hydrogens is 243 g/mol. The van der Waals surface area contributed by atoms with Gasteiger partial charge in [0.1, 0.15) is 0 Å². The molecule has 0 amide bonds. The minimum absolute atomic E-state index is 0.378. The summed E-state index contributed by atoms with van der Waals surface area (Å²) in [7, 11) is 0. The summed E-state index contributed by atoms with van der Waals surface area (Å²) < 4.78 is 16.4. The van der Waals surface area contributed by atoms with E-state index in [1.54, 1.807) is 0 Å². The van der Waals surface area contributed by atoms with Crippen molar-refractivity contribution in [3.63, 3.8) is 0 Å². The summed E-state index contributed by atoms with van der Waals surface area (Å²) >= 11 is 6.28. The molecule has 2 atom stereocenters. The predicted molar refractivity (Wildman–Crippen MR) is 67.0 cm³/mol. The molecule has 2 heterocycles. The van der Waals surface area contributed by atoms with Crippen molar-refractivity contribution in [2.24, 2.45) is 0 Å². The van der Waals surface area contributed by atoms with Crippen LogP contribution in [0.3, 0.4) is 0 Å². The Morgan fingerprint density at radius 1 is 1.31 bits per heavy atom. The Labute approximate surface area is 100 Å². The van der Waals surface area contributed by atoms with Crippen LogP contribution in [0.5, 0.6) is 0 Å². The van der Waals surface area contributed by atoms with Crippen LogP contribution in [0, 0.1) is 0 Å². The number of halogens is 1. The molecule has 2 saturated heterocycles. The number of benzene rings is 1. The molecule has 1 aromatic rings. The minimum Gasteiger partial charge on any atom is -0.298 e. The first-order chi connectivity index (χ1) is 7.69. The lowest BCUT2D eigenvalue weighted by Crippen LogP contribution is -2.20. The van der Waals surface area contributed by atoms with Gasteiger partial charge in [0, 0.05) is 24.8 Å². The van der Waals surface area contributed by atoms with Gasteiger partial charge in [-0.2, -0.15) is 0 Å². The third-order valence-electron chi connectivity index (χ3n) is 3.40. The first-order valence-electron chi connectivity index (χ1n) is 5.59. The van der Waals surface area contributed by atoms with Crippen LogP contribution in [0.25, 0.3) is 0 Å². The van der Waals surface area contributed by atoms with Gasteiger partial charge in [-0.05, 0) is 36.2 Å². The topological polar surface area (TPSA) is 23.6 Å². The molecule has 2 aliphatic rings. The van der Waals surface area contributed by atoms with E-state index < -0.39 is 6.80 Å². The van der Waals surface area contributed by atoms with Crippen LogP contribution >= 0.6 is 18.0 Å². The molecule has 1 aromatic carbocycles. The van der Waals surface area contributed by atoms with Crippen molar-refractivity contribution in [1.82, 2.24) is 4.67 Å². The highest BCUT2D eigenvalue weighted by Crippen LogP contribution is 2.66. The molecule has 0 saturated carbocycles. The Hall–Kier alpha value is -0.500. The van der Waals surface area contributed by atoms with Crippen LogP contribution in [-0.2, 0) is 4.57 Å². The summed E-state index contributed by atoms with van der Waals surface area (Å²) in [5, 5.41) is 0. The number of hydrogen-bond donors (Lipinski definition) is 0. The molecule has 0 spiro atoms. The minimum atomic E-state index is -2.84. The largest absolute Gasteiger partial charge is 0.328 e. The van der Waals surface area contributed by atoms with Gasteiger partial charge in [0.2, 0.25) is 0 Å². The molecule has 5 heteroatoms. The highest BCUT2D eigenvalue weighted by molar-refractivity contribution is 7.88. The van der Waals surface area contributed by atoms with E-state index in [1.165, 1.54) is 0 Å². The van der Waals surface area contributed by atoms with E-state index in [9.17, 15) is 4.57 Å². The first-order valence-corrected chi connectivity index (χ1v) is 8.11. The second-order valence-electron chi connectivity index (χ2n) is 4.35. The number of hydrogen-bond acceptors (Lipinski definition) is 1. The number of rotatable bonds is 1. The van der Waals surface area contributed by atoms with Crippen LogP contribution in [0.15, 0.2) is 30.3 Å². The molecule has 0 aromatic heterocycles. The lowest BCUT2D eigenvalue weighted by Gasteiger charge is -2.24. The molecular formula is C11H14ClN2OP. The zero-order valence-corrected chi connectivity index (χ0v) is 10.6. The lowest BCUT2D eigenvalue weighted by molar-refractivity contribution is 0.439. The summed E-state index contributed by atoms with van der Waals surface area (Å²) in [5.41, 5.74) is 0.968. The summed E-state index contributed by atoms with van der Waals surface area (Å²) in [5.74, 6) is 0. The highest BCUT2D eigenvalue weighted by Gasteiger charge is 2.49. The summed E-state index contributed by atoms with van der Waals surface area (Å²) in [6, 6.07) is 10.2. The summed E-state index contributed by atoms with van der Waals surface area (Å²) in [6.07, 6.45) is 2.23. The molecule has 0 N–H and O–H groups in total. The SMILES string of the molecule is O=[P@]1(Cl)N(c2ccccc2)C[C@@H]2CCCN21. The normalized spacial score (nSPS) is 34.3. The first kappa shape index (κ1) is 10.6. The zero-order valence-electron chi connectivity index (χ0n) is 8.92. The molecule has 0 bridgehead atoms. The third-order valence-corrected chi connectivity index (χ3v) is 6.68. The third kappa shape index (κ3) is 1.50. The van der Waals surface area contributed by atoms with E-state index in [1.807, 2.05) is 39.7 Å². The monoisotopic (exact) mass is 256 g/mol. The van der Waals surface area contributed by atoms with Crippen molar-refractivity contribution in [1.29, 1.82) is 0 Å². The number of para-hydroxylation sites is 1. The molecule has 3 nitrogen and oxygen atoms in total. The lowest BCUT2D eigenvalue weighted by atomic mass is 10.2. The number of fused-ring (bicyclic) bond motifs is 1. The molecule has 2 aliphatic heterocycles. The van der Waals surface area contributed by atoms with Gasteiger partial charge in [0.15, 0.2) is 0 Å². The molecule has 0 unspecified atom stereocenters. The average Bonchev–Trinajstić information content (AvgIpc) is 2.83. The van der Waals surface area contributed by atoms with Gasteiger partial charge in [0.05, 0.1) is 0 Å². The van der Waals surface area contributed by atoms with Crippen LogP contribution < -0.4 is 4.67 Å². The number of anilines is 1. The van der Waals surface area contributed by atoms with Crippen molar-refractivity contribution in [3.05, 3.63) is 30.3 Å². The van der Waals surface area contributed by atoms with Gasteiger partial charge in [-0.15, -0.1) is 0 Å². The van der Waals surface area contributed by atoms with E-state index in [0.717, 1.165) is 31.6 Å². The predicted octanol–water partition coefficient (Wildman–Crippen LogP) is 3.32. The maximum Gasteiger partial charge on any atom is 0.328 e. The average molecular weight is 257 g/mol. The quantitative estimate of drug-likeness (QED) is 0.720. The fourth-order valence-electron chi connectivity index (χ4n) is 2.62. The molecule has 16 heavy (non-hydrogen) atoms. The number of nitrogens with zero attached hydrogens (tertiary/aromatic N) is 2. The Kier molecular flexibility index (Phi) is 2.50. The Morgan fingerprint density at radius 3 is 2.75 bits per heavy atom. The highest BCUT2D eigenvalue weighted by atomic mass is 35.7. The van der Waals surface area contributed by atoms with Gasteiger partial charge in [-0.3, -0.25) is 9.24 Å². The van der Waals surface area contributed by atoms with E-state index in [0.29, 0.717) is 6.04 Å². The Morgan fingerprint density at radius 2 is 2.06 bits per heavy atom. The van der Waals surface area contributed by atoms with Gasteiger partial charge in [-0.25, -0.2) is 4.67 Å². The van der Waals surface area contributed by atoms with Gasteiger partial charge in [-0.1, -0.05) is 18.2 Å². The Balaban J connectivity index is 1.96. The van der Waals surface area contributed by atoms with Crippen molar-refractivity contribution in [2.45, 2.75) is 18.9 Å². The van der Waals surface area contributed by atoms with Gasteiger partial charge >= 0.3 is 6.80 Å². The maximum atomic E-state index is 12.6. The van der Waals surface area contributed by atoms with Gasteiger partial charge < -0.3 is 0 Å². The second-order valence-corrected chi connectivity index (χ2v) is 7.61. The van der Waals surface area contributed by atoms with E-state index in [2.05, 4.69) is 0 Å². The second kappa shape index (κ2) is 3.76. The fraction of sp³-hybridized carbons (Fsp3) is 0.455. The zero-order chi connectivity index (χ0) is 11.2. The van der Waals surface area contributed by atoms with Crippen LogP contribution in [-0.4, -0.2) is 23.8 Å². The van der Waals surface area contributed by atoms with Crippen LogP contribution in [0.4, 0.5) is 5.69 Å². The van der Waals surface area contributed by atoms with Crippen molar-refractivity contribution in [3.8, 4) is 0 Å². The van der Waals surface area contributed by atoms with Crippen molar-refractivity contribution < 1.29 is 4.57 Å². The van der Waals surface area contributed by atoms with Gasteiger partial charge in [0.25, 0.3) is 0 Å². The summed E-state index contributed by atoms with van der Waals surface area (Å²) in [6.45, 7) is -1.17. The van der Waals surface area contributed by atoms with E-state index >= 15 is 0 Å².